The van der Waals surface area contributed by atoms with Crippen molar-refractivity contribution in [3.63, 3.8) is 0 Å². The molecule has 9 rings (SSSR count). The first-order chi connectivity index (χ1) is 23.8. The minimum absolute atomic E-state index is 0.865. The lowest BCUT2D eigenvalue weighted by Crippen LogP contribution is -2.10. The highest BCUT2D eigenvalue weighted by molar-refractivity contribution is 6.18. The van der Waals surface area contributed by atoms with Gasteiger partial charge in [0.15, 0.2) is 0 Å². The second-order valence-electron chi connectivity index (χ2n) is 12.2. The summed E-state index contributed by atoms with van der Waals surface area (Å²) in [5.41, 5.74) is 12.1. The van der Waals surface area contributed by atoms with Crippen LogP contribution in [0.15, 0.2) is 192 Å². The van der Waals surface area contributed by atoms with Crippen molar-refractivity contribution >= 4 is 49.8 Å². The Hall–Kier alpha value is -6.38. The van der Waals surface area contributed by atoms with Crippen molar-refractivity contribution in [1.29, 1.82) is 0 Å². The fourth-order valence-corrected chi connectivity index (χ4v) is 6.92. The van der Waals surface area contributed by atoms with Gasteiger partial charge < -0.3 is 9.32 Å². The molecule has 8 aromatic carbocycles. The SMILES string of the molecule is c1ccc(-c2ccc(-c3cccc4oc5cccc(N(c6ccccc6)c6ccc(-c7ccc8ccccc8c7)cc6)c5c34)cc2)cc1. The third-order valence-corrected chi connectivity index (χ3v) is 9.27. The Kier molecular flexibility index (Phi) is 6.84. The Labute approximate surface area is 279 Å². The number of anilines is 3. The molecule has 0 amide bonds. The number of hydrogen-bond donors (Lipinski definition) is 0. The number of fused-ring (bicyclic) bond motifs is 4. The largest absolute Gasteiger partial charge is 0.456 e. The number of benzene rings is 8. The highest BCUT2D eigenvalue weighted by atomic mass is 16.3. The molecule has 2 heteroatoms. The molecular formula is C46H31NO. The third kappa shape index (κ3) is 4.92. The smallest absolute Gasteiger partial charge is 0.137 e. The summed E-state index contributed by atoms with van der Waals surface area (Å²) < 4.78 is 6.56. The van der Waals surface area contributed by atoms with Crippen molar-refractivity contribution in [2.45, 2.75) is 0 Å². The van der Waals surface area contributed by atoms with E-state index in [2.05, 4.69) is 193 Å². The molecule has 48 heavy (non-hydrogen) atoms. The van der Waals surface area contributed by atoms with Crippen LogP contribution in [0.5, 0.6) is 0 Å². The highest BCUT2D eigenvalue weighted by Gasteiger charge is 2.21. The fourth-order valence-electron chi connectivity index (χ4n) is 6.92. The van der Waals surface area contributed by atoms with E-state index in [9.17, 15) is 0 Å². The molecule has 0 aliphatic heterocycles. The molecule has 0 aliphatic rings. The number of para-hydroxylation sites is 1. The zero-order valence-electron chi connectivity index (χ0n) is 26.3. The molecular weight excluding hydrogens is 583 g/mol. The lowest BCUT2D eigenvalue weighted by atomic mass is 9.96. The van der Waals surface area contributed by atoms with Crippen LogP contribution in [-0.4, -0.2) is 0 Å². The Balaban J connectivity index is 1.19. The van der Waals surface area contributed by atoms with Gasteiger partial charge in [-0.05, 0) is 92.7 Å². The standard InChI is InChI=1S/C46H31NO/c1-3-11-32(12-4-1)34-21-24-36(25-22-34)41-17-9-19-43-45(41)46-42(18-10-20-44(46)48-43)47(39-15-5-2-6-16-39)40-29-27-35(28-30-40)38-26-23-33-13-7-8-14-37(33)31-38/h1-31H. The molecule has 1 heterocycles. The van der Waals surface area contributed by atoms with Crippen molar-refractivity contribution in [3.8, 4) is 33.4 Å². The van der Waals surface area contributed by atoms with E-state index in [0.29, 0.717) is 0 Å². The molecule has 0 aliphatic carbocycles. The van der Waals surface area contributed by atoms with Crippen LogP contribution in [0.25, 0.3) is 66.1 Å². The topological polar surface area (TPSA) is 16.4 Å². The van der Waals surface area contributed by atoms with Crippen molar-refractivity contribution in [2.24, 2.45) is 0 Å². The van der Waals surface area contributed by atoms with Crippen LogP contribution in [0.1, 0.15) is 0 Å². The van der Waals surface area contributed by atoms with Crippen molar-refractivity contribution in [3.05, 3.63) is 188 Å². The third-order valence-electron chi connectivity index (χ3n) is 9.27. The Morgan fingerprint density at radius 3 is 1.65 bits per heavy atom. The monoisotopic (exact) mass is 613 g/mol. The number of rotatable bonds is 6. The van der Waals surface area contributed by atoms with Gasteiger partial charge in [0.05, 0.1) is 11.1 Å². The first kappa shape index (κ1) is 27.9. The predicted octanol–water partition coefficient (Wildman–Crippen LogP) is 13.2. The highest BCUT2D eigenvalue weighted by Crippen LogP contribution is 2.45. The van der Waals surface area contributed by atoms with Gasteiger partial charge in [-0.15, -0.1) is 0 Å². The maximum absolute atomic E-state index is 6.56. The lowest BCUT2D eigenvalue weighted by molar-refractivity contribution is 0.669. The summed E-state index contributed by atoms with van der Waals surface area (Å²) in [6, 6.07) is 66.8. The summed E-state index contributed by atoms with van der Waals surface area (Å²) in [4.78, 5) is 2.34. The molecule has 0 radical (unpaired) electrons. The van der Waals surface area contributed by atoms with E-state index in [-0.39, 0.29) is 0 Å². The van der Waals surface area contributed by atoms with Crippen molar-refractivity contribution in [1.82, 2.24) is 0 Å². The van der Waals surface area contributed by atoms with E-state index in [0.717, 1.165) is 50.1 Å². The average Bonchev–Trinajstić information content (AvgIpc) is 3.56. The molecule has 1 aromatic heterocycles. The normalized spacial score (nSPS) is 11.3. The molecule has 0 saturated carbocycles. The van der Waals surface area contributed by atoms with Gasteiger partial charge in [0, 0.05) is 16.8 Å². The lowest BCUT2D eigenvalue weighted by Gasteiger charge is -2.26. The van der Waals surface area contributed by atoms with E-state index in [1.807, 2.05) is 0 Å². The Morgan fingerprint density at radius 1 is 0.333 bits per heavy atom. The maximum Gasteiger partial charge on any atom is 0.137 e. The average molecular weight is 614 g/mol. The van der Waals surface area contributed by atoms with Gasteiger partial charge in [0.2, 0.25) is 0 Å². The minimum atomic E-state index is 0.865. The van der Waals surface area contributed by atoms with Gasteiger partial charge in [0.25, 0.3) is 0 Å². The summed E-state index contributed by atoms with van der Waals surface area (Å²) in [7, 11) is 0. The summed E-state index contributed by atoms with van der Waals surface area (Å²) >= 11 is 0. The molecule has 9 aromatic rings. The zero-order valence-corrected chi connectivity index (χ0v) is 26.3. The van der Waals surface area contributed by atoms with Crippen LogP contribution in [0.4, 0.5) is 17.1 Å². The number of furan rings is 1. The van der Waals surface area contributed by atoms with E-state index in [1.54, 1.807) is 0 Å². The first-order valence-corrected chi connectivity index (χ1v) is 16.3. The Bertz CT molecular complexity index is 2530. The van der Waals surface area contributed by atoms with Gasteiger partial charge in [-0.2, -0.15) is 0 Å². The van der Waals surface area contributed by atoms with E-state index in [1.165, 1.54) is 33.0 Å². The number of nitrogens with zero attached hydrogens (tertiary/aromatic N) is 1. The quantitative estimate of drug-likeness (QED) is 0.185. The van der Waals surface area contributed by atoms with Crippen LogP contribution >= 0.6 is 0 Å². The fraction of sp³-hybridized carbons (Fsp3) is 0. The summed E-state index contributed by atoms with van der Waals surface area (Å²) in [5.74, 6) is 0. The van der Waals surface area contributed by atoms with Gasteiger partial charge >= 0.3 is 0 Å². The van der Waals surface area contributed by atoms with Gasteiger partial charge in [0.1, 0.15) is 11.2 Å². The Morgan fingerprint density at radius 2 is 0.875 bits per heavy atom. The van der Waals surface area contributed by atoms with Crippen LogP contribution in [0.2, 0.25) is 0 Å². The second kappa shape index (κ2) is 11.8. The van der Waals surface area contributed by atoms with Crippen LogP contribution in [-0.2, 0) is 0 Å². The minimum Gasteiger partial charge on any atom is -0.456 e. The molecule has 0 bridgehead atoms. The van der Waals surface area contributed by atoms with Crippen LogP contribution < -0.4 is 4.90 Å². The van der Waals surface area contributed by atoms with Gasteiger partial charge in [-0.3, -0.25) is 0 Å². The molecule has 0 fully saturated rings. The molecule has 0 N–H and O–H groups in total. The van der Waals surface area contributed by atoms with Gasteiger partial charge in [-0.1, -0.05) is 140 Å². The van der Waals surface area contributed by atoms with Crippen LogP contribution in [0.3, 0.4) is 0 Å². The van der Waals surface area contributed by atoms with E-state index >= 15 is 0 Å². The zero-order chi connectivity index (χ0) is 31.9. The summed E-state index contributed by atoms with van der Waals surface area (Å²) in [6.45, 7) is 0. The number of hydrogen-bond acceptors (Lipinski definition) is 2. The molecule has 0 spiro atoms. The molecule has 0 unspecified atom stereocenters. The van der Waals surface area contributed by atoms with E-state index in [4.69, 9.17) is 4.42 Å². The van der Waals surface area contributed by atoms with Gasteiger partial charge in [-0.25, -0.2) is 0 Å². The second-order valence-corrected chi connectivity index (χ2v) is 12.2. The first-order valence-electron chi connectivity index (χ1n) is 16.3. The molecule has 226 valence electrons. The van der Waals surface area contributed by atoms with Crippen molar-refractivity contribution in [2.75, 3.05) is 4.90 Å². The molecule has 2 nitrogen and oxygen atoms in total. The van der Waals surface area contributed by atoms with Crippen LogP contribution in [0, 0.1) is 0 Å². The predicted molar refractivity (Wildman–Crippen MR) is 202 cm³/mol. The summed E-state index contributed by atoms with van der Waals surface area (Å²) in [6.07, 6.45) is 0. The molecule has 0 saturated heterocycles. The van der Waals surface area contributed by atoms with E-state index < -0.39 is 0 Å². The molecule has 0 atom stereocenters. The summed E-state index contributed by atoms with van der Waals surface area (Å²) in [5, 5.41) is 4.70. The van der Waals surface area contributed by atoms with Crippen molar-refractivity contribution < 1.29 is 4.42 Å². The maximum atomic E-state index is 6.56.